The maximum Gasteiger partial charge on any atom is 0.191 e. The van der Waals surface area contributed by atoms with Crippen molar-refractivity contribution in [2.45, 2.75) is 33.0 Å². The van der Waals surface area contributed by atoms with Crippen LogP contribution in [0.3, 0.4) is 0 Å². The van der Waals surface area contributed by atoms with Crippen molar-refractivity contribution < 1.29 is 4.74 Å². The van der Waals surface area contributed by atoms with Crippen LogP contribution in [-0.4, -0.2) is 43.3 Å². The Kier molecular flexibility index (Phi) is 10.4. The summed E-state index contributed by atoms with van der Waals surface area (Å²) in [7, 11) is 0. The van der Waals surface area contributed by atoms with E-state index in [2.05, 4.69) is 44.6 Å². The summed E-state index contributed by atoms with van der Waals surface area (Å²) in [6, 6.07) is 9.61. The molecule has 1 fully saturated rings. The molecular formula is C21H28Cl2IN5O. The molecule has 1 saturated heterocycles. The Morgan fingerprint density at radius 2 is 2.10 bits per heavy atom. The Morgan fingerprint density at radius 1 is 1.27 bits per heavy atom. The lowest BCUT2D eigenvalue weighted by atomic mass is 10.2. The zero-order valence-electron chi connectivity index (χ0n) is 17.2. The van der Waals surface area contributed by atoms with Gasteiger partial charge >= 0.3 is 0 Å². The maximum absolute atomic E-state index is 6.25. The van der Waals surface area contributed by atoms with Gasteiger partial charge in [0.2, 0.25) is 0 Å². The van der Waals surface area contributed by atoms with Crippen molar-refractivity contribution in [3.05, 3.63) is 57.7 Å². The molecule has 1 atom stereocenters. The second-order valence-corrected chi connectivity index (χ2v) is 7.78. The monoisotopic (exact) mass is 563 g/mol. The van der Waals surface area contributed by atoms with Crippen molar-refractivity contribution in [1.82, 2.24) is 15.6 Å². The van der Waals surface area contributed by atoms with Crippen LogP contribution in [0.4, 0.5) is 5.82 Å². The molecule has 1 unspecified atom stereocenters. The summed E-state index contributed by atoms with van der Waals surface area (Å²) in [6.45, 7) is 8.47. The fraction of sp³-hybridized carbons (Fsp3) is 0.429. The van der Waals surface area contributed by atoms with Crippen molar-refractivity contribution in [3.63, 3.8) is 0 Å². The van der Waals surface area contributed by atoms with Crippen LogP contribution in [0, 0.1) is 0 Å². The first-order chi connectivity index (χ1) is 14.0. The van der Waals surface area contributed by atoms with Gasteiger partial charge in [-0.05, 0) is 43.2 Å². The first-order valence-corrected chi connectivity index (χ1v) is 10.6. The SMILES string of the molecule is CCNC(=NCc1ccc(N2CCOC(C)C2)nc1)NCc1ccc(Cl)cc1Cl.I. The van der Waals surface area contributed by atoms with Crippen LogP contribution in [0.1, 0.15) is 25.0 Å². The summed E-state index contributed by atoms with van der Waals surface area (Å²) in [5, 5.41) is 7.82. The number of halogens is 3. The third kappa shape index (κ3) is 7.44. The van der Waals surface area contributed by atoms with E-state index >= 15 is 0 Å². The topological polar surface area (TPSA) is 61.8 Å². The number of benzene rings is 1. The summed E-state index contributed by atoms with van der Waals surface area (Å²) < 4.78 is 5.59. The number of guanidine groups is 1. The highest BCUT2D eigenvalue weighted by Gasteiger charge is 2.17. The van der Waals surface area contributed by atoms with E-state index in [1.54, 1.807) is 6.07 Å². The van der Waals surface area contributed by atoms with Crippen LogP contribution in [0.15, 0.2) is 41.5 Å². The molecule has 0 aliphatic carbocycles. The third-order valence-electron chi connectivity index (χ3n) is 4.60. The predicted molar refractivity (Wildman–Crippen MR) is 135 cm³/mol. The fourth-order valence-corrected chi connectivity index (χ4v) is 3.56. The van der Waals surface area contributed by atoms with Gasteiger partial charge in [0.1, 0.15) is 5.82 Å². The molecule has 2 heterocycles. The average Bonchev–Trinajstić information content (AvgIpc) is 2.71. The number of hydrogen-bond donors (Lipinski definition) is 2. The van der Waals surface area contributed by atoms with Gasteiger partial charge in [0, 0.05) is 42.4 Å². The second kappa shape index (κ2) is 12.5. The van der Waals surface area contributed by atoms with Gasteiger partial charge in [-0.25, -0.2) is 9.98 Å². The van der Waals surface area contributed by atoms with Crippen LogP contribution >= 0.6 is 47.2 Å². The molecule has 2 N–H and O–H groups in total. The zero-order valence-corrected chi connectivity index (χ0v) is 21.0. The van der Waals surface area contributed by atoms with Gasteiger partial charge in [-0.3, -0.25) is 0 Å². The van der Waals surface area contributed by atoms with Crippen molar-refractivity contribution in [2.75, 3.05) is 31.1 Å². The van der Waals surface area contributed by atoms with Crippen molar-refractivity contribution in [3.8, 4) is 0 Å². The molecule has 0 amide bonds. The fourth-order valence-electron chi connectivity index (χ4n) is 3.08. The lowest BCUT2D eigenvalue weighted by molar-refractivity contribution is 0.0529. The molecule has 0 spiro atoms. The number of pyridine rings is 1. The number of hydrogen-bond acceptors (Lipinski definition) is 4. The first kappa shape index (κ1) is 25.0. The van der Waals surface area contributed by atoms with E-state index in [1.165, 1.54) is 0 Å². The van der Waals surface area contributed by atoms with Crippen LogP contribution in [0.5, 0.6) is 0 Å². The van der Waals surface area contributed by atoms with E-state index in [0.717, 1.165) is 49.1 Å². The van der Waals surface area contributed by atoms with E-state index in [4.69, 9.17) is 27.9 Å². The Hall–Kier alpha value is -1.29. The highest BCUT2D eigenvalue weighted by atomic mass is 127. The van der Waals surface area contributed by atoms with Crippen LogP contribution in [0.25, 0.3) is 0 Å². The number of aliphatic imine (C=N–C) groups is 1. The first-order valence-electron chi connectivity index (χ1n) is 9.82. The molecule has 1 aliphatic rings. The Morgan fingerprint density at radius 3 is 2.77 bits per heavy atom. The van der Waals surface area contributed by atoms with Gasteiger partial charge in [-0.2, -0.15) is 0 Å². The summed E-state index contributed by atoms with van der Waals surface area (Å²) in [4.78, 5) is 11.5. The standard InChI is InChI=1S/C21H27Cl2N5O.HI/c1-3-24-21(27-13-17-5-6-18(22)10-19(17)23)26-12-16-4-7-20(25-11-16)28-8-9-29-15(2)14-28;/h4-7,10-11,15H,3,8-9,12-14H2,1-2H3,(H2,24,26,27);1H. The van der Waals surface area contributed by atoms with Crippen molar-refractivity contribution >= 4 is 59.0 Å². The third-order valence-corrected chi connectivity index (χ3v) is 5.19. The smallest absolute Gasteiger partial charge is 0.191 e. The highest BCUT2D eigenvalue weighted by molar-refractivity contribution is 14.0. The molecule has 2 aromatic rings. The number of nitrogens with zero attached hydrogens (tertiary/aromatic N) is 3. The number of aromatic nitrogens is 1. The van der Waals surface area contributed by atoms with E-state index in [-0.39, 0.29) is 30.1 Å². The molecule has 9 heteroatoms. The minimum atomic E-state index is 0. The molecule has 164 valence electrons. The van der Waals surface area contributed by atoms with Gasteiger partial charge in [0.25, 0.3) is 0 Å². The highest BCUT2D eigenvalue weighted by Crippen LogP contribution is 2.20. The lowest BCUT2D eigenvalue weighted by Gasteiger charge is -2.32. The number of ether oxygens (including phenoxy) is 1. The van der Waals surface area contributed by atoms with Crippen LogP contribution < -0.4 is 15.5 Å². The normalized spacial score (nSPS) is 16.7. The number of anilines is 1. The van der Waals surface area contributed by atoms with E-state index in [9.17, 15) is 0 Å². The molecule has 0 radical (unpaired) electrons. The summed E-state index contributed by atoms with van der Waals surface area (Å²) in [6.07, 6.45) is 2.12. The minimum Gasteiger partial charge on any atom is -0.375 e. The molecule has 30 heavy (non-hydrogen) atoms. The van der Waals surface area contributed by atoms with Gasteiger partial charge in [0.15, 0.2) is 5.96 Å². The van der Waals surface area contributed by atoms with E-state index in [1.807, 2.05) is 25.3 Å². The van der Waals surface area contributed by atoms with Crippen LogP contribution in [0.2, 0.25) is 10.0 Å². The quantitative estimate of drug-likeness (QED) is 0.308. The number of morpholine rings is 1. The van der Waals surface area contributed by atoms with Gasteiger partial charge in [0.05, 0.1) is 19.3 Å². The van der Waals surface area contributed by atoms with Gasteiger partial charge < -0.3 is 20.3 Å². The van der Waals surface area contributed by atoms with Crippen molar-refractivity contribution in [1.29, 1.82) is 0 Å². The lowest BCUT2D eigenvalue weighted by Crippen LogP contribution is -2.41. The summed E-state index contributed by atoms with van der Waals surface area (Å²) >= 11 is 12.2. The zero-order chi connectivity index (χ0) is 20.6. The summed E-state index contributed by atoms with van der Waals surface area (Å²) in [5.41, 5.74) is 2.02. The van der Waals surface area contributed by atoms with Gasteiger partial charge in [-0.15, -0.1) is 24.0 Å². The molecule has 0 bridgehead atoms. The van der Waals surface area contributed by atoms with E-state index in [0.29, 0.717) is 23.1 Å². The van der Waals surface area contributed by atoms with Gasteiger partial charge in [-0.1, -0.05) is 35.3 Å². The Bertz CT molecular complexity index is 835. The minimum absolute atomic E-state index is 0. The molecule has 1 aromatic carbocycles. The predicted octanol–water partition coefficient (Wildman–Crippen LogP) is 4.49. The Labute approximate surface area is 205 Å². The average molecular weight is 564 g/mol. The molecule has 3 rings (SSSR count). The molecule has 0 saturated carbocycles. The molecule has 6 nitrogen and oxygen atoms in total. The van der Waals surface area contributed by atoms with Crippen LogP contribution in [-0.2, 0) is 17.8 Å². The molecule has 1 aliphatic heterocycles. The maximum atomic E-state index is 6.25. The Balaban J connectivity index is 0.00000320. The number of nitrogens with one attached hydrogen (secondary N) is 2. The van der Waals surface area contributed by atoms with Crippen molar-refractivity contribution in [2.24, 2.45) is 4.99 Å². The summed E-state index contributed by atoms with van der Waals surface area (Å²) in [5.74, 6) is 1.71. The number of rotatable bonds is 6. The molecular weight excluding hydrogens is 536 g/mol. The van der Waals surface area contributed by atoms with E-state index < -0.39 is 0 Å². The second-order valence-electron chi connectivity index (χ2n) is 6.94. The molecule has 1 aromatic heterocycles. The largest absolute Gasteiger partial charge is 0.375 e.